The summed E-state index contributed by atoms with van der Waals surface area (Å²) in [7, 11) is 0. The molecule has 2 amide bonds. The highest BCUT2D eigenvalue weighted by Crippen LogP contribution is 2.14. The maximum atomic E-state index is 13.1. The molecule has 0 aromatic rings. The van der Waals surface area contributed by atoms with Crippen LogP contribution in [0.5, 0.6) is 0 Å². The summed E-state index contributed by atoms with van der Waals surface area (Å²) in [4.78, 5) is 62.8. The summed E-state index contributed by atoms with van der Waals surface area (Å²) in [5, 5.41) is 0. The van der Waals surface area contributed by atoms with Crippen LogP contribution in [0.25, 0.3) is 0 Å². The smallest absolute Gasteiger partial charge is 0.308 e. The van der Waals surface area contributed by atoms with Crippen LogP contribution in [0.3, 0.4) is 0 Å². The number of carbonyl (C=O) groups excluding carboxylic acids is 5. The summed E-state index contributed by atoms with van der Waals surface area (Å²) >= 11 is 0. The van der Waals surface area contributed by atoms with Gasteiger partial charge in [0.1, 0.15) is 19.8 Å². The van der Waals surface area contributed by atoms with E-state index in [0.717, 1.165) is 75.5 Å². The molecule has 488 valence electrons. The van der Waals surface area contributed by atoms with E-state index in [1.807, 2.05) is 0 Å². The van der Waals surface area contributed by atoms with E-state index in [1.165, 1.54) is 89.2 Å². The first-order chi connectivity index (χ1) is 41.3. The molecule has 84 heavy (non-hydrogen) atoms. The van der Waals surface area contributed by atoms with E-state index in [9.17, 15) is 24.0 Å². The molecule has 0 N–H and O–H groups in total. The van der Waals surface area contributed by atoms with Crippen LogP contribution in [0, 0.1) is 5.92 Å². The van der Waals surface area contributed by atoms with E-state index in [-0.39, 0.29) is 76.8 Å². The lowest BCUT2D eigenvalue weighted by Gasteiger charge is -2.20. The van der Waals surface area contributed by atoms with E-state index in [4.69, 9.17) is 61.6 Å². The Morgan fingerprint density at radius 3 is 1.18 bits per heavy atom. The van der Waals surface area contributed by atoms with Gasteiger partial charge < -0.3 is 61.6 Å². The van der Waals surface area contributed by atoms with Crippen molar-refractivity contribution in [3.8, 4) is 0 Å². The number of unbranched alkanes of at least 4 members (excludes halogenated alkanes) is 18. The van der Waals surface area contributed by atoms with Crippen LogP contribution in [0.4, 0.5) is 0 Å². The molecule has 0 aromatic heterocycles. The monoisotopic (exact) mass is 1200 g/mol. The molecular formula is C65H115NO18. The zero-order valence-corrected chi connectivity index (χ0v) is 52.6. The van der Waals surface area contributed by atoms with E-state index < -0.39 is 24.1 Å². The fourth-order valence-corrected chi connectivity index (χ4v) is 8.32. The average Bonchev–Trinajstić information content (AvgIpc) is 3.98. The van der Waals surface area contributed by atoms with E-state index in [2.05, 4.69) is 45.1 Å². The lowest BCUT2D eigenvalue weighted by atomic mass is 10.1. The van der Waals surface area contributed by atoms with E-state index in [1.54, 1.807) is 0 Å². The standard InChI is InChI=1S/C65H115NO18/c1-4-7-10-13-16-17-18-19-20-21-22-23-24-25-28-31-62(69)82-56-59(57-83-63(70)34-35-65(80-38-29-26-14-11-8-5-2)81-39-30-27-15-12-9-6-3)58-84-64(71)36-40-72-42-44-74-46-48-76-50-52-78-54-55-79-53-51-77-49-47-75-45-43-73-41-37-66-60(67)32-33-61(66)68/h16-17,19-20,32-33,59,65H,4-15,18,21-31,34-58H2,1-3H3/b17-16-,20-19-. The van der Waals surface area contributed by atoms with Crippen LogP contribution in [-0.2, 0) is 85.6 Å². The summed E-state index contributed by atoms with van der Waals surface area (Å²) in [6.45, 7) is 13.8. The molecule has 1 rings (SSSR count). The second kappa shape index (κ2) is 62.4. The Morgan fingerprint density at radius 2 is 0.726 bits per heavy atom. The molecule has 0 fully saturated rings. The summed E-state index contributed by atoms with van der Waals surface area (Å²) in [6, 6.07) is 0. The van der Waals surface area contributed by atoms with E-state index >= 15 is 0 Å². The number of allylic oxidation sites excluding steroid dienone is 4. The third-order valence-electron chi connectivity index (χ3n) is 13.4. The summed E-state index contributed by atoms with van der Waals surface area (Å²) in [6.07, 6.45) is 37.7. The molecular weight excluding hydrogens is 1080 g/mol. The third-order valence-corrected chi connectivity index (χ3v) is 13.4. The van der Waals surface area contributed by atoms with Gasteiger partial charge in [-0.1, -0.05) is 141 Å². The molecule has 1 aliphatic heterocycles. The first-order valence-corrected chi connectivity index (χ1v) is 32.5. The number of rotatable bonds is 66. The molecule has 0 radical (unpaired) electrons. The Balaban J connectivity index is 2.31. The molecule has 1 unspecified atom stereocenters. The van der Waals surface area contributed by atoms with Crippen LogP contribution < -0.4 is 0 Å². The fourth-order valence-electron chi connectivity index (χ4n) is 8.32. The highest BCUT2D eigenvalue weighted by atomic mass is 16.7. The Kier molecular flexibility index (Phi) is 58.2. The second-order valence-corrected chi connectivity index (χ2v) is 21.0. The predicted octanol–water partition coefficient (Wildman–Crippen LogP) is 11.4. The van der Waals surface area contributed by atoms with Gasteiger partial charge >= 0.3 is 17.9 Å². The highest BCUT2D eigenvalue weighted by Gasteiger charge is 2.23. The number of nitrogens with zero attached hydrogens (tertiary/aromatic N) is 1. The molecule has 19 heteroatoms. The van der Waals surface area contributed by atoms with Crippen LogP contribution in [0.2, 0.25) is 0 Å². The van der Waals surface area contributed by atoms with Gasteiger partial charge in [-0.15, -0.1) is 0 Å². The van der Waals surface area contributed by atoms with Gasteiger partial charge in [-0.3, -0.25) is 28.9 Å². The summed E-state index contributed by atoms with van der Waals surface area (Å²) in [5.41, 5.74) is 0. The number of imide groups is 1. The van der Waals surface area contributed by atoms with Gasteiger partial charge in [0.05, 0.1) is 131 Å². The van der Waals surface area contributed by atoms with Crippen molar-refractivity contribution in [2.75, 3.05) is 145 Å². The van der Waals surface area contributed by atoms with Gasteiger partial charge in [0.15, 0.2) is 6.29 Å². The molecule has 0 saturated heterocycles. The average molecular weight is 1200 g/mol. The minimum absolute atomic E-state index is 0.0182. The molecule has 0 spiro atoms. The zero-order chi connectivity index (χ0) is 60.7. The molecule has 0 aliphatic carbocycles. The minimum Gasteiger partial charge on any atom is -0.465 e. The Morgan fingerprint density at radius 1 is 0.381 bits per heavy atom. The number of hydrogen-bond donors (Lipinski definition) is 0. The van der Waals surface area contributed by atoms with Gasteiger partial charge in [0.2, 0.25) is 0 Å². The van der Waals surface area contributed by atoms with Crippen molar-refractivity contribution in [2.24, 2.45) is 5.92 Å². The predicted molar refractivity (Wildman–Crippen MR) is 324 cm³/mol. The summed E-state index contributed by atoms with van der Waals surface area (Å²) < 4.78 is 73.2. The molecule has 1 atom stereocenters. The lowest BCUT2D eigenvalue weighted by Crippen LogP contribution is -2.33. The number of ether oxygens (including phenoxy) is 13. The van der Waals surface area contributed by atoms with Gasteiger partial charge in [0, 0.05) is 38.2 Å². The van der Waals surface area contributed by atoms with Crippen molar-refractivity contribution in [1.82, 2.24) is 4.90 Å². The lowest BCUT2D eigenvalue weighted by molar-refractivity contribution is -0.162. The topological polar surface area (TPSA) is 209 Å². The van der Waals surface area contributed by atoms with Gasteiger partial charge in [-0.05, 0) is 51.4 Å². The second-order valence-electron chi connectivity index (χ2n) is 21.0. The first-order valence-electron chi connectivity index (χ1n) is 32.5. The zero-order valence-electron chi connectivity index (χ0n) is 52.6. The number of amides is 2. The van der Waals surface area contributed by atoms with Crippen molar-refractivity contribution < 1.29 is 85.6 Å². The van der Waals surface area contributed by atoms with Crippen LogP contribution in [0.1, 0.15) is 194 Å². The quantitative estimate of drug-likeness (QED) is 0.0138. The number of hydrogen-bond acceptors (Lipinski definition) is 18. The molecule has 0 saturated carbocycles. The van der Waals surface area contributed by atoms with Crippen LogP contribution in [-0.4, -0.2) is 186 Å². The molecule has 1 aliphatic rings. The minimum atomic E-state index is -0.539. The Bertz CT molecular complexity index is 1590. The Hall–Kier alpha value is -3.63. The maximum Gasteiger partial charge on any atom is 0.308 e. The van der Waals surface area contributed by atoms with Gasteiger partial charge in [0.25, 0.3) is 11.8 Å². The summed E-state index contributed by atoms with van der Waals surface area (Å²) in [5.74, 6) is -2.40. The molecule has 0 bridgehead atoms. The van der Waals surface area contributed by atoms with Crippen molar-refractivity contribution in [3.63, 3.8) is 0 Å². The van der Waals surface area contributed by atoms with Crippen molar-refractivity contribution in [3.05, 3.63) is 36.5 Å². The van der Waals surface area contributed by atoms with Crippen molar-refractivity contribution in [2.45, 2.75) is 200 Å². The van der Waals surface area contributed by atoms with Gasteiger partial charge in [-0.2, -0.15) is 0 Å². The van der Waals surface area contributed by atoms with E-state index in [0.29, 0.717) is 112 Å². The largest absolute Gasteiger partial charge is 0.465 e. The van der Waals surface area contributed by atoms with Crippen molar-refractivity contribution in [1.29, 1.82) is 0 Å². The van der Waals surface area contributed by atoms with Gasteiger partial charge in [-0.25, -0.2) is 0 Å². The van der Waals surface area contributed by atoms with Crippen molar-refractivity contribution >= 4 is 29.7 Å². The number of esters is 3. The Labute approximate surface area is 506 Å². The normalized spacial score (nSPS) is 13.0. The van der Waals surface area contributed by atoms with Crippen LogP contribution >= 0.6 is 0 Å². The third kappa shape index (κ3) is 53.8. The SMILES string of the molecule is CCCCC/C=C\C/C=C\CCCCCCCC(=O)OCC(COC(=O)CCOCCOCCOCCOCCOCCOCCOCCOCCN1C(=O)C=CC1=O)COC(=O)CCC(OCCCCCCCC)OCCCCCCCC. The molecule has 0 aromatic carbocycles. The molecule has 19 nitrogen and oxygen atoms in total. The molecule has 1 heterocycles. The number of carbonyl (C=O) groups is 5. The first kappa shape index (κ1) is 78.4. The van der Waals surface area contributed by atoms with Crippen LogP contribution in [0.15, 0.2) is 36.5 Å². The fraction of sp³-hybridized carbons (Fsp3) is 0.831. The maximum absolute atomic E-state index is 13.1. The highest BCUT2D eigenvalue weighted by molar-refractivity contribution is 6.12.